The van der Waals surface area contributed by atoms with E-state index in [9.17, 15) is 0 Å². The predicted molar refractivity (Wildman–Crippen MR) is 60.2 cm³/mol. The first-order valence-electron chi connectivity index (χ1n) is 5.57. The highest BCUT2D eigenvalue weighted by molar-refractivity contribution is 5.28. The Labute approximate surface area is 86.5 Å². The quantitative estimate of drug-likeness (QED) is 0.716. The van der Waals surface area contributed by atoms with E-state index in [0.29, 0.717) is 6.04 Å². The van der Waals surface area contributed by atoms with Crippen LogP contribution in [0.5, 0.6) is 0 Å². The van der Waals surface area contributed by atoms with Crippen molar-refractivity contribution in [2.75, 3.05) is 0 Å². The van der Waals surface area contributed by atoms with E-state index in [1.807, 2.05) is 0 Å². The van der Waals surface area contributed by atoms with Gasteiger partial charge in [-0.3, -0.25) is 0 Å². The van der Waals surface area contributed by atoms with Crippen molar-refractivity contribution in [2.45, 2.75) is 39.3 Å². The molecule has 0 fully saturated rings. The van der Waals surface area contributed by atoms with E-state index in [1.165, 1.54) is 24.0 Å². The average molecular weight is 189 g/mol. The molecule has 0 radical (unpaired) electrons. The Morgan fingerprint density at radius 2 is 1.93 bits per heavy atom. The van der Waals surface area contributed by atoms with Crippen LogP contribution in [0.2, 0.25) is 0 Å². The Balaban J connectivity index is 2.14. The van der Waals surface area contributed by atoms with E-state index in [1.54, 1.807) is 0 Å². The number of aryl methyl sites for hydroxylation is 1. The molecule has 0 aliphatic carbocycles. The van der Waals surface area contributed by atoms with Crippen molar-refractivity contribution in [3.05, 3.63) is 35.4 Å². The summed E-state index contributed by atoms with van der Waals surface area (Å²) >= 11 is 0. The molecular formula is C13H19N. The van der Waals surface area contributed by atoms with Crippen LogP contribution in [0.1, 0.15) is 31.4 Å². The number of hydrogen-bond acceptors (Lipinski definition) is 1. The van der Waals surface area contributed by atoms with Gasteiger partial charge in [-0.15, -0.1) is 0 Å². The van der Waals surface area contributed by atoms with E-state index in [2.05, 4.69) is 43.4 Å². The minimum absolute atomic E-state index is 0.683. The lowest BCUT2D eigenvalue weighted by molar-refractivity contribution is 0.386. The van der Waals surface area contributed by atoms with Crippen LogP contribution in [0.4, 0.5) is 0 Å². The zero-order chi connectivity index (χ0) is 9.97. The van der Waals surface area contributed by atoms with Crippen LogP contribution < -0.4 is 5.32 Å². The zero-order valence-corrected chi connectivity index (χ0v) is 9.09. The molecule has 1 N–H and O–H groups in total. The third-order valence-electron chi connectivity index (χ3n) is 3.20. The standard InChI is InChI=1S/C13H19N/c1-10(2)13-8-7-11-5-3-4-6-12(11)9-14-13/h3-6,10,13-14H,7-9H2,1-2H3. The Morgan fingerprint density at radius 1 is 1.21 bits per heavy atom. The van der Waals surface area contributed by atoms with Gasteiger partial charge >= 0.3 is 0 Å². The molecule has 2 rings (SSSR count). The molecule has 0 amide bonds. The van der Waals surface area contributed by atoms with Gasteiger partial charge in [0.05, 0.1) is 0 Å². The molecule has 0 aromatic heterocycles. The highest BCUT2D eigenvalue weighted by Gasteiger charge is 2.17. The molecule has 14 heavy (non-hydrogen) atoms. The maximum atomic E-state index is 3.64. The van der Waals surface area contributed by atoms with Crippen LogP contribution in [-0.4, -0.2) is 6.04 Å². The Kier molecular flexibility index (Phi) is 2.87. The van der Waals surface area contributed by atoms with E-state index < -0.39 is 0 Å². The summed E-state index contributed by atoms with van der Waals surface area (Å²) in [5.74, 6) is 0.740. The Hall–Kier alpha value is -0.820. The van der Waals surface area contributed by atoms with Crippen LogP contribution in [0.15, 0.2) is 24.3 Å². The molecule has 1 aliphatic rings. The first-order chi connectivity index (χ1) is 6.77. The van der Waals surface area contributed by atoms with Crippen molar-refractivity contribution in [1.82, 2.24) is 5.32 Å². The first kappa shape index (κ1) is 9.72. The molecule has 0 saturated heterocycles. The molecule has 1 aromatic carbocycles. The molecule has 1 nitrogen and oxygen atoms in total. The summed E-state index contributed by atoms with van der Waals surface area (Å²) in [6.45, 7) is 5.64. The van der Waals surface area contributed by atoms with E-state index in [0.717, 1.165) is 12.5 Å². The van der Waals surface area contributed by atoms with Gasteiger partial charge in [0, 0.05) is 12.6 Å². The summed E-state index contributed by atoms with van der Waals surface area (Å²) in [7, 11) is 0. The van der Waals surface area contributed by atoms with Gasteiger partial charge in [0.2, 0.25) is 0 Å². The summed E-state index contributed by atoms with van der Waals surface area (Å²) in [5, 5.41) is 3.64. The first-order valence-corrected chi connectivity index (χ1v) is 5.57. The highest BCUT2D eigenvalue weighted by Crippen LogP contribution is 2.19. The monoisotopic (exact) mass is 189 g/mol. The van der Waals surface area contributed by atoms with Crippen molar-refractivity contribution >= 4 is 0 Å². The lowest BCUT2D eigenvalue weighted by Crippen LogP contribution is -2.32. The van der Waals surface area contributed by atoms with E-state index >= 15 is 0 Å². The fourth-order valence-corrected chi connectivity index (χ4v) is 2.20. The van der Waals surface area contributed by atoms with Gasteiger partial charge in [0.25, 0.3) is 0 Å². The zero-order valence-electron chi connectivity index (χ0n) is 9.09. The van der Waals surface area contributed by atoms with Crippen molar-refractivity contribution < 1.29 is 0 Å². The minimum atomic E-state index is 0.683. The smallest absolute Gasteiger partial charge is 0.0210 e. The second kappa shape index (κ2) is 4.14. The van der Waals surface area contributed by atoms with Gasteiger partial charge in [0.1, 0.15) is 0 Å². The second-order valence-electron chi connectivity index (χ2n) is 4.54. The highest BCUT2D eigenvalue weighted by atomic mass is 14.9. The number of rotatable bonds is 1. The third kappa shape index (κ3) is 1.98. The number of benzene rings is 1. The Bertz CT molecular complexity index is 277. The van der Waals surface area contributed by atoms with E-state index in [4.69, 9.17) is 0 Å². The van der Waals surface area contributed by atoms with Gasteiger partial charge in [-0.2, -0.15) is 0 Å². The maximum Gasteiger partial charge on any atom is 0.0210 e. The lowest BCUT2D eigenvalue weighted by Gasteiger charge is -2.19. The van der Waals surface area contributed by atoms with Crippen LogP contribution in [-0.2, 0) is 13.0 Å². The number of fused-ring (bicyclic) bond motifs is 1. The van der Waals surface area contributed by atoms with Crippen LogP contribution >= 0.6 is 0 Å². The fourth-order valence-electron chi connectivity index (χ4n) is 2.20. The summed E-state index contributed by atoms with van der Waals surface area (Å²) in [5.41, 5.74) is 3.01. The molecule has 1 unspecified atom stereocenters. The van der Waals surface area contributed by atoms with Crippen molar-refractivity contribution in [1.29, 1.82) is 0 Å². The molecule has 1 heterocycles. The van der Waals surface area contributed by atoms with Crippen LogP contribution in [0.3, 0.4) is 0 Å². The largest absolute Gasteiger partial charge is 0.310 e. The molecule has 0 bridgehead atoms. The summed E-state index contributed by atoms with van der Waals surface area (Å²) in [6.07, 6.45) is 2.50. The molecule has 0 saturated carbocycles. The van der Waals surface area contributed by atoms with Gasteiger partial charge in [-0.1, -0.05) is 38.1 Å². The van der Waals surface area contributed by atoms with Gasteiger partial charge in [-0.25, -0.2) is 0 Å². The molecule has 1 aliphatic heterocycles. The maximum absolute atomic E-state index is 3.64. The minimum Gasteiger partial charge on any atom is -0.310 e. The van der Waals surface area contributed by atoms with Crippen molar-refractivity contribution in [3.63, 3.8) is 0 Å². The van der Waals surface area contributed by atoms with Crippen LogP contribution in [0.25, 0.3) is 0 Å². The molecule has 1 atom stereocenters. The van der Waals surface area contributed by atoms with Gasteiger partial charge in [-0.05, 0) is 29.9 Å². The summed E-state index contributed by atoms with van der Waals surface area (Å²) in [4.78, 5) is 0. The SMILES string of the molecule is CC(C)C1CCc2ccccc2CN1. The van der Waals surface area contributed by atoms with Gasteiger partial charge < -0.3 is 5.32 Å². The van der Waals surface area contributed by atoms with E-state index in [-0.39, 0.29) is 0 Å². The molecular weight excluding hydrogens is 170 g/mol. The topological polar surface area (TPSA) is 12.0 Å². The summed E-state index contributed by atoms with van der Waals surface area (Å²) in [6, 6.07) is 9.47. The molecule has 0 spiro atoms. The number of hydrogen-bond donors (Lipinski definition) is 1. The molecule has 1 heteroatoms. The predicted octanol–water partition coefficient (Wildman–Crippen LogP) is 2.75. The molecule has 1 aromatic rings. The van der Waals surface area contributed by atoms with Crippen molar-refractivity contribution in [2.24, 2.45) is 5.92 Å². The average Bonchev–Trinajstić information content (AvgIpc) is 2.39. The van der Waals surface area contributed by atoms with Crippen LogP contribution in [0, 0.1) is 5.92 Å². The third-order valence-corrected chi connectivity index (χ3v) is 3.20. The Morgan fingerprint density at radius 3 is 2.64 bits per heavy atom. The normalized spacial score (nSPS) is 21.8. The molecule has 76 valence electrons. The van der Waals surface area contributed by atoms with Gasteiger partial charge in [0.15, 0.2) is 0 Å². The number of nitrogens with one attached hydrogen (secondary N) is 1. The lowest BCUT2D eigenvalue weighted by atomic mass is 9.97. The van der Waals surface area contributed by atoms with Crippen molar-refractivity contribution in [3.8, 4) is 0 Å². The fraction of sp³-hybridized carbons (Fsp3) is 0.538. The summed E-state index contributed by atoms with van der Waals surface area (Å²) < 4.78 is 0. The second-order valence-corrected chi connectivity index (χ2v) is 4.54.